The van der Waals surface area contributed by atoms with E-state index in [2.05, 4.69) is 18.7 Å². The predicted octanol–water partition coefficient (Wildman–Crippen LogP) is 4.79. The predicted molar refractivity (Wildman–Crippen MR) is 111 cm³/mol. The third-order valence-electron chi connectivity index (χ3n) is 5.96. The number of nitro benzene ring substituents is 1. The van der Waals surface area contributed by atoms with Gasteiger partial charge in [-0.3, -0.25) is 10.1 Å². The van der Waals surface area contributed by atoms with Crippen LogP contribution in [0.3, 0.4) is 0 Å². The van der Waals surface area contributed by atoms with Crippen molar-refractivity contribution in [2.75, 3.05) is 26.2 Å². The van der Waals surface area contributed by atoms with Gasteiger partial charge in [0.15, 0.2) is 0 Å². The SMILES string of the molecule is COc1cc2c(c(OC)c1[N+](=O)[O-])C=CC1(O2)N(C)c2ccc(Cl)cc2C1(C)C. The maximum absolute atomic E-state index is 11.6. The summed E-state index contributed by atoms with van der Waals surface area (Å²) in [6.07, 6.45) is 3.73. The molecule has 1 atom stereocenters. The molecule has 0 radical (unpaired) electrons. The number of rotatable bonds is 3. The molecule has 0 saturated heterocycles. The molecule has 0 N–H and O–H groups in total. The van der Waals surface area contributed by atoms with Crippen molar-refractivity contribution in [3.05, 3.63) is 56.6 Å². The largest absolute Gasteiger partial charge is 0.490 e. The topological polar surface area (TPSA) is 74.1 Å². The first-order valence-electron chi connectivity index (χ1n) is 9.03. The number of hydrogen-bond donors (Lipinski definition) is 0. The molecule has 2 aromatic carbocycles. The summed E-state index contributed by atoms with van der Waals surface area (Å²) in [4.78, 5) is 13.1. The third kappa shape index (κ3) is 2.43. The number of hydrogen-bond acceptors (Lipinski definition) is 6. The number of fused-ring (bicyclic) bond motifs is 2. The minimum Gasteiger partial charge on any atom is -0.490 e. The van der Waals surface area contributed by atoms with Crippen molar-refractivity contribution in [3.8, 4) is 17.2 Å². The quantitative estimate of drug-likeness (QED) is 0.528. The summed E-state index contributed by atoms with van der Waals surface area (Å²) in [5.74, 6) is 0.634. The van der Waals surface area contributed by atoms with Gasteiger partial charge in [0, 0.05) is 23.8 Å². The zero-order valence-corrected chi connectivity index (χ0v) is 17.5. The van der Waals surface area contributed by atoms with Crippen LogP contribution in [0.2, 0.25) is 5.02 Å². The van der Waals surface area contributed by atoms with Gasteiger partial charge >= 0.3 is 5.69 Å². The van der Waals surface area contributed by atoms with Crippen LogP contribution in [-0.2, 0) is 5.41 Å². The van der Waals surface area contributed by atoms with E-state index in [4.69, 9.17) is 25.8 Å². The summed E-state index contributed by atoms with van der Waals surface area (Å²) in [6, 6.07) is 7.31. The Bertz CT molecular complexity index is 1070. The lowest BCUT2D eigenvalue weighted by molar-refractivity contribution is -0.386. The van der Waals surface area contributed by atoms with Crippen LogP contribution in [-0.4, -0.2) is 31.9 Å². The fourth-order valence-electron chi connectivity index (χ4n) is 4.40. The van der Waals surface area contributed by atoms with Crippen LogP contribution in [0, 0.1) is 10.1 Å². The second-order valence-corrected chi connectivity index (χ2v) is 8.04. The number of likely N-dealkylation sites (N-methyl/N-ethyl adjacent to an activating group) is 1. The molecule has 0 saturated carbocycles. The van der Waals surface area contributed by atoms with E-state index in [-0.39, 0.29) is 17.2 Å². The Kier molecular flexibility index (Phi) is 4.20. The highest BCUT2D eigenvalue weighted by Gasteiger charge is 2.58. The number of benzene rings is 2. The van der Waals surface area contributed by atoms with Crippen molar-refractivity contribution in [1.82, 2.24) is 0 Å². The molecule has 8 heteroatoms. The fourth-order valence-corrected chi connectivity index (χ4v) is 4.57. The van der Waals surface area contributed by atoms with E-state index in [9.17, 15) is 10.1 Å². The molecule has 0 aromatic heterocycles. The Balaban J connectivity index is 1.92. The van der Waals surface area contributed by atoms with Gasteiger partial charge in [-0.25, -0.2) is 0 Å². The van der Waals surface area contributed by atoms with Crippen molar-refractivity contribution in [2.45, 2.75) is 25.0 Å². The number of halogens is 1. The summed E-state index contributed by atoms with van der Waals surface area (Å²) < 4.78 is 17.2. The van der Waals surface area contributed by atoms with Crippen LogP contribution in [0.15, 0.2) is 30.3 Å². The zero-order chi connectivity index (χ0) is 21.1. The minimum atomic E-state index is -0.848. The summed E-state index contributed by atoms with van der Waals surface area (Å²) in [5, 5.41) is 12.2. The summed E-state index contributed by atoms with van der Waals surface area (Å²) in [7, 11) is 4.73. The van der Waals surface area contributed by atoms with Gasteiger partial charge in [-0.1, -0.05) is 11.6 Å². The van der Waals surface area contributed by atoms with Crippen molar-refractivity contribution in [2.24, 2.45) is 0 Å². The molecule has 0 bridgehead atoms. The average Bonchev–Trinajstić information content (AvgIpc) is 2.84. The lowest BCUT2D eigenvalue weighted by Gasteiger charge is -2.45. The highest BCUT2D eigenvalue weighted by molar-refractivity contribution is 6.30. The molecule has 7 nitrogen and oxygen atoms in total. The number of ether oxygens (including phenoxy) is 3. The number of anilines is 1. The van der Waals surface area contributed by atoms with E-state index in [1.165, 1.54) is 14.2 Å². The van der Waals surface area contributed by atoms with Crippen molar-refractivity contribution >= 4 is 29.1 Å². The molecule has 1 unspecified atom stereocenters. The maximum Gasteiger partial charge on any atom is 0.353 e. The molecular weight excluding hydrogens is 396 g/mol. The van der Waals surface area contributed by atoms with Gasteiger partial charge in [0.25, 0.3) is 0 Å². The van der Waals surface area contributed by atoms with Gasteiger partial charge in [0.2, 0.25) is 17.2 Å². The van der Waals surface area contributed by atoms with E-state index in [1.54, 1.807) is 6.07 Å². The Hall–Kier alpha value is -2.93. The summed E-state index contributed by atoms with van der Waals surface area (Å²) in [5.41, 5.74) is 1.03. The maximum atomic E-state index is 11.6. The van der Waals surface area contributed by atoms with E-state index in [0.717, 1.165) is 11.3 Å². The molecule has 0 amide bonds. The first-order valence-corrected chi connectivity index (χ1v) is 9.41. The molecule has 29 heavy (non-hydrogen) atoms. The Morgan fingerprint density at radius 2 is 1.93 bits per heavy atom. The monoisotopic (exact) mass is 416 g/mol. The smallest absolute Gasteiger partial charge is 0.353 e. The highest BCUT2D eigenvalue weighted by Crippen LogP contribution is 2.57. The van der Waals surface area contributed by atoms with Crippen molar-refractivity contribution in [3.63, 3.8) is 0 Å². The summed E-state index contributed by atoms with van der Waals surface area (Å²) in [6.45, 7) is 4.17. The number of methoxy groups -OCH3 is 2. The van der Waals surface area contributed by atoms with Gasteiger partial charge in [0.05, 0.1) is 30.1 Å². The fraction of sp³-hybridized carbons (Fsp3) is 0.333. The van der Waals surface area contributed by atoms with Crippen LogP contribution in [0.1, 0.15) is 25.0 Å². The molecule has 4 rings (SSSR count). The second kappa shape index (κ2) is 6.29. The van der Waals surface area contributed by atoms with E-state index in [1.807, 2.05) is 37.4 Å². The molecule has 152 valence electrons. The van der Waals surface area contributed by atoms with Crippen LogP contribution in [0.4, 0.5) is 11.4 Å². The van der Waals surface area contributed by atoms with E-state index >= 15 is 0 Å². The molecular formula is C21H21ClN2O5. The standard InChI is InChI=1S/C21H21ClN2O5/c1-20(2)14-10-12(22)6-7-15(14)23(3)21(20)9-8-13-16(29-21)11-17(27-4)18(24(25)26)19(13)28-5/h6-11H,1-5H3. The highest BCUT2D eigenvalue weighted by atomic mass is 35.5. The first-order chi connectivity index (χ1) is 13.7. The van der Waals surface area contributed by atoms with Gasteiger partial charge in [0.1, 0.15) is 5.75 Å². The molecule has 2 aromatic rings. The molecule has 2 aliphatic rings. The van der Waals surface area contributed by atoms with Gasteiger partial charge in [-0.15, -0.1) is 0 Å². The number of nitro groups is 1. The molecule has 1 spiro atoms. The van der Waals surface area contributed by atoms with Crippen molar-refractivity contribution in [1.29, 1.82) is 0 Å². The van der Waals surface area contributed by atoms with Crippen LogP contribution < -0.4 is 19.1 Å². The lowest BCUT2D eigenvalue weighted by atomic mass is 9.76. The zero-order valence-electron chi connectivity index (χ0n) is 16.8. The van der Waals surface area contributed by atoms with Crippen molar-refractivity contribution < 1.29 is 19.1 Å². The van der Waals surface area contributed by atoms with Gasteiger partial charge < -0.3 is 19.1 Å². The van der Waals surface area contributed by atoms with Crippen LogP contribution >= 0.6 is 11.6 Å². The van der Waals surface area contributed by atoms with Gasteiger partial charge in [-0.2, -0.15) is 0 Å². The Labute approximate surface area is 173 Å². The lowest BCUT2D eigenvalue weighted by Crippen LogP contribution is -2.58. The Morgan fingerprint density at radius 1 is 1.21 bits per heavy atom. The van der Waals surface area contributed by atoms with E-state index in [0.29, 0.717) is 16.3 Å². The minimum absolute atomic E-state index is 0.0788. The summed E-state index contributed by atoms with van der Waals surface area (Å²) >= 11 is 6.26. The van der Waals surface area contributed by atoms with Crippen LogP contribution in [0.5, 0.6) is 17.2 Å². The first kappa shape index (κ1) is 19.4. The van der Waals surface area contributed by atoms with Gasteiger partial charge in [-0.05, 0) is 49.8 Å². The molecule has 2 heterocycles. The Morgan fingerprint density at radius 3 is 2.55 bits per heavy atom. The molecule has 0 fully saturated rings. The molecule has 0 aliphatic carbocycles. The normalized spacial score (nSPS) is 20.8. The van der Waals surface area contributed by atoms with Crippen LogP contribution in [0.25, 0.3) is 6.08 Å². The second-order valence-electron chi connectivity index (χ2n) is 7.61. The third-order valence-corrected chi connectivity index (χ3v) is 6.19. The molecule has 2 aliphatic heterocycles. The average molecular weight is 417 g/mol. The number of nitrogens with zero attached hydrogens (tertiary/aromatic N) is 2. The van der Waals surface area contributed by atoms with E-state index < -0.39 is 16.1 Å².